The van der Waals surface area contributed by atoms with Gasteiger partial charge < -0.3 is 9.47 Å². The van der Waals surface area contributed by atoms with Gasteiger partial charge in [-0.2, -0.15) is 0 Å². The Morgan fingerprint density at radius 1 is 1.19 bits per heavy atom. The minimum atomic E-state index is -0.368. The molecule has 0 spiro atoms. The Hall–Kier alpha value is -2.82. The minimum absolute atomic E-state index is 0.00665. The summed E-state index contributed by atoms with van der Waals surface area (Å²) in [7, 11) is 1.46. The predicted molar refractivity (Wildman–Crippen MR) is 101 cm³/mol. The summed E-state index contributed by atoms with van der Waals surface area (Å²) in [5, 5.41) is 0. The van der Waals surface area contributed by atoms with Gasteiger partial charge in [-0.25, -0.2) is 9.18 Å². The standard InChI is InChI=1S/C22H22FNO3/c1-26-21-10-7-16(13-20(21)23)17-11-18-8-9-19(12-17)24(18)22(25)27-14-15-5-3-2-4-6-15/h2-7,10-11,13,18-19H,8-9,12,14H2,1H3. The van der Waals surface area contributed by atoms with E-state index in [1.165, 1.54) is 13.2 Å². The first-order chi connectivity index (χ1) is 13.2. The van der Waals surface area contributed by atoms with Crippen molar-refractivity contribution < 1.29 is 18.7 Å². The van der Waals surface area contributed by atoms with Gasteiger partial charge in [0.25, 0.3) is 0 Å². The van der Waals surface area contributed by atoms with Crippen molar-refractivity contribution in [3.8, 4) is 5.75 Å². The quantitative estimate of drug-likeness (QED) is 0.780. The van der Waals surface area contributed by atoms with Crippen molar-refractivity contribution in [2.75, 3.05) is 7.11 Å². The highest BCUT2D eigenvalue weighted by Crippen LogP contribution is 2.39. The molecule has 4 rings (SSSR count). The zero-order valence-corrected chi connectivity index (χ0v) is 15.2. The number of halogens is 1. The molecule has 2 aromatic rings. The number of amides is 1. The lowest BCUT2D eigenvalue weighted by atomic mass is 9.95. The van der Waals surface area contributed by atoms with Gasteiger partial charge in [0.15, 0.2) is 11.6 Å². The number of hydrogen-bond donors (Lipinski definition) is 0. The SMILES string of the molecule is COc1ccc(C2=CC3CCC(C2)N3C(=O)OCc2ccccc2)cc1F. The fraction of sp³-hybridized carbons (Fsp3) is 0.318. The summed E-state index contributed by atoms with van der Waals surface area (Å²) in [6, 6.07) is 14.8. The van der Waals surface area contributed by atoms with E-state index in [1.807, 2.05) is 41.3 Å². The second-order valence-corrected chi connectivity index (χ2v) is 6.99. The van der Waals surface area contributed by atoms with E-state index in [0.717, 1.165) is 29.5 Å². The zero-order valence-electron chi connectivity index (χ0n) is 15.2. The van der Waals surface area contributed by atoms with Crippen LogP contribution in [0.4, 0.5) is 9.18 Å². The van der Waals surface area contributed by atoms with E-state index in [-0.39, 0.29) is 36.4 Å². The van der Waals surface area contributed by atoms with Gasteiger partial charge in [0.2, 0.25) is 0 Å². The highest BCUT2D eigenvalue weighted by molar-refractivity contribution is 5.75. The first-order valence-electron chi connectivity index (χ1n) is 9.19. The molecule has 140 valence electrons. The molecule has 2 unspecified atom stereocenters. The van der Waals surface area contributed by atoms with Crippen molar-refractivity contribution in [2.45, 2.75) is 38.0 Å². The van der Waals surface area contributed by atoms with Crippen molar-refractivity contribution in [3.63, 3.8) is 0 Å². The van der Waals surface area contributed by atoms with Crippen LogP contribution in [0.1, 0.15) is 30.4 Å². The molecule has 5 heteroatoms. The Morgan fingerprint density at radius 2 is 2.00 bits per heavy atom. The first-order valence-corrected chi connectivity index (χ1v) is 9.19. The van der Waals surface area contributed by atoms with Crippen LogP contribution in [0.3, 0.4) is 0 Å². The van der Waals surface area contributed by atoms with Crippen molar-refractivity contribution in [1.29, 1.82) is 0 Å². The molecule has 27 heavy (non-hydrogen) atoms. The lowest BCUT2D eigenvalue weighted by Gasteiger charge is -2.33. The van der Waals surface area contributed by atoms with Crippen molar-refractivity contribution in [2.24, 2.45) is 0 Å². The van der Waals surface area contributed by atoms with Gasteiger partial charge >= 0.3 is 6.09 Å². The highest BCUT2D eigenvalue weighted by atomic mass is 19.1. The number of carbonyl (C=O) groups is 1. The molecule has 1 fully saturated rings. The van der Waals surface area contributed by atoms with Crippen molar-refractivity contribution in [1.82, 2.24) is 4.90 Å². The average Bonchev–Trinajstić information content (AvgIpc) is 2.96. The number of benzene rings is 2. The summed E-state index contributed by atoms with van der Waals surface area (Å²) in [5.74, 6) is -0.128. The normalized spacial score (nSPS) is 21.0. The van der Waals surface area contributed by atoms with Crippen LogP contribution in [0, 0.1) is 5.82 Å². The van der Waals surface area contributed by atoms with Crippen molar-refractivity contribution >= 4 is 11.7 Å². The Labute approximate surface area is 158 Å². The summed E-state index contributed by atoms with van der Waals surface area (Å²) in [4.78, 5) is 14.5. The molecule has 4 nitrogen and oxygen atoms in total. The number of nitrogens with zero attached hydrogens (tertiary/aromatic N) is 1. The first kappa shape index (κ1) is 17.6. The van der Waals surface area contributed by atoms with Gasteiger partial charge in [-0.1, -0.05) is 42.5 Å². The molecule has 1 amide bonds. The van der Waals surface area contributed by atoms with E-state index in [0.29, 0.717) is 6.42 Å². The maximum absolute atomic E-state index is 14.0. The number of rotatable bonds is 4. The summed E-state index contributed by atoms with van der Waals surface area (Å²) in [6.45, 7) is 0.274. The third-order valence-electron chi connectivity index (χ3n) is 5.33. The number of fused-ring (bicyclic) bond motifs is 2. The smallest absolute Gasteiger partial charge is 0.410 e. The number of ether oxygens (including phenoxy) is 2. The molecule has 0 aromatic heterocycles. The van der Waals surface area contributed by atoms with Crippen LogP contribution in [-0.4, -0.2) is 30.2 Å². The van der Waals surface area contributed by atoms with E-state index in [4.69, 9.17) is 9.47 Å². The van der Waals surface area contributed by atoms with Crippen LogP contribution in [0.25, 0.3) is 5.57 Å². The highest BCUT2D eigenvalue weighted by Gasteiger charge is 2.40. The fourth-order valence-electron chi connectivity index (χ4n) is 3.99. The number of carbonyl (C=O) groups excluding carboxylic acids is 1. The van der Waals surface area contributed by atoms with Crippen LogP contribution in [0.2, 0.25) is 0 Å². The Morgan fingerprint density at radius 3 is 2.70 bits per heavy atom. The summed E-state index contributed by atoms with van der Waals surface area (Å²) in [5.41, 5.74) is 2.90. The van der Waals surface area contributed by atoms with E-state index in [1.54, 1.807) is 6.07 Å². The van der Waals surface area contributed by atoms with Crippen LogP contribution >= 0.6 is 0 Å². The maximum Gasteiger partial charge on any atom is 0.410 e. The molecule has 2 aliphatic heterocycles. The lowest BCUT2D eigenvalue weighted by Crippen LogP contribution is -2.43. The summed E-state index contributed by atoms with van der Waals surface area (Å²) < 4.78 is 24.6. The molecule has 0 radical (unpaired) electrons. The molecule has 0 aliphatic carbocycles. The van der Waals surface area contributed by atoms with Gasteiger partial charge in [-0.05, 0) is 48.1 Å². The third-order valence-corrected chi connectivity index (χ3v) is 5.33. The summed E-state index contributed by atoms with van der Waals surface area (Å²) >= 11 is 0. The molecular formula is C22H22FNO3. The minimum Gasteiger partial charge on any atom is -0.494 e. The molecule has 2 aromatic carbocycles. The van der Waals surface area contributed by atoms with Gasteiger partial charge in [0, 0.05) is 6.04 Å². The Bertz CT molecular complexity index is 865. The van der Waals surface area contributed by atoms with Crippen LogP contribution in [0.15, 0.2) is 54.6 Å². The van der Waals surface area contributed by atoms with Gasteiger partial charge in [-0.15, -0.1) is 0 Å². The van der Waals surface area contributed by atoms with Crippen LogP contribution in [0.5, 0.6) is 5.75 Å². The Kier molecular flexibility index (Phi) is 4.84. The predicted octanol–water partition coefficient (Wildman–Crippen LogP) is 4.79. The molecule has 0 N–H and O–H groups in total. The van der Waals surface area contributed by atoms with Crippen LogP contribution < -0.4 is 4.74 Å². The van der Waals surface area contributed by atoms with E-state index >= 15 is 0 Å². The number of hydrogen-bond acceptors (Lipinski definition) is 3. The maximum atomic E-state index is 14.0. The fourth-order valence-corrected chi connectivity index (χ4v) is 3.99. The molecular weight excluding hydrogens is 345 g/mol. The topological polar surface area (TPSA) is 38.8 Å². The van der Waals surface area contributed by atoms with E-state index in [2.05, 4.69) is 6.08 Å². The average molecular weight is 367 g/mol. The van der Waals surface area contributed by atoms with Gasteiger partial charge in [0.05, 0.1) is 13.2 Å². The Balaban J connectivity index is 1.47. The lowest BCUT2D eigenvalue weighted by molar-refractivity contribution is 0.0832. The molecule has 0 saturated carbocycles. The molecule has 2 aliphatic rings. The van der Waals surface area contributed by atoms with Gasteiger partial charge in [-0.3, -0.25) is 4.90 Å². The molecule has 1 saturated heterocycles. The van der Waals surface area contributed by atoms with E-state index < -0.39 is 0 Å². The van der Waals surface area contributed by atoms with E-state index in [9.17, 15) is 9.18 Å². The molecule has 2 atom stereocenters. The largest absolute Gasteiger partial charge is 0.494 e. The second-order valence-electron chi connectivity index (χ2n) is 6.99. The third kappa shape index (κ3) is 3.54. The summed E-state index contributed by atoms with van der Waals surface area (Å²) in [6.07, 6.45) is 4.36. The monoisotopic (exact) mass is 367 g/mol. The zero-order chi connectivity index (χ0) is 18.8. The molecule has 2 heterocycles. The van der Waals surface area contributed by atoms with Crippen molar-refractivity contribution in [3.05, 3.63) is 71.6 Å². The molecule has 2 bridgehead atoms. The number of methoxy groups -OCH3 is 1. The van der Waals surface area contributed by atoms with Crippen LogP contribution in [-0.2, 0) is 11.3 Å². The van der Waals surface area contributed by atoms with Gasteiger partial charge in [0.1, 0.15) is 6.61 Å². The second kappa shape index (κ2) is 7.43.